The fraction of sp³-hybridized carbons (Fsp3) is 0.706. The number of rotatable bonds is 8. The van der Waals surface area contributed by atoms with Gasteiger partial charge >= 0.3 is 0 Å². The van der Waals surface area contributed by atoms with E-state index in [2.05, 4.69) is 4.98 Å². The van der Waals surface area contributed by atoms with Crippen molar-refractivity contribution in [1.82, 2.24) is 9.29 Å². The first kappa shape index (κ1) is 17.8. The molecule has 1 aromatic rings. The Morgan fingerprint density at radius 2 is 2.25 bits per heavy atom. The van der Waals surface area contributed by atoms with E-state index in [1.54, 1.807) is 10.5 Å². The van der Waals surface area contributed by atoms with Crippen molar-refractivity contribution in [1.29, 1.82) is 0 Å². The lowest BCUT2D eigenvalue weighted by Crippen LogP contribution is -2.66. The highest BCUT2D eigenvalue weighted by Crippen LogP contribution is 2.42. The second-order valence-corrected chi connectivity index (χ2v) is 8.73. The van der Waals surface area contributed by atoms with Crippen LogP contribution in [0.25, 0.3) is 0 Å². The molecule has 0 saturated carbocycles. The number of pyridine rings is 1. The third-order valence-electron chi connectivity index (χ3n) is 4.93. The third kappa shape index (κ3) is 3.79. The molecular weight excluding hydrogens is 328 g/mol. The molecule has 2 fully saturated rings. The van der Waals surface area contributed by atoms with Gasteiger partial charge in [0, 0.05) is 32.5 Å². The Labute approximate surface area is 144 Å². The molecule has 134 valence electrons. The molecule has 1 aromatic heterocycles. The SMILES string of the molecule is CCCS(=O)(=O)N1CC2(C1)OCCC2CCOCc1ccccn1. The summed E-state index contributed by atoms with van der Waals surface area (Å²) in [7, 11) is -3.11. The third-order valence-corrected chi connectivity index (χ3v) is 6.90. The first-order valence-corrected chi connectivity index (χ1v) is 10.3. The van der Waals surface area contributed by atoms with Crippen LogP contribution < -0.4 is 0 Å². The van der Waals surface area contributed by atoms with Gasteiger partial charge in [-0.1, -0.05) is 13.0 Å². The molecule has 2 saturated heterocycles. The van der Waals surface area contributed by atoms with Gasteiger partial charge in [0.2, 0.25) is 10.0 Å². The Morgan fingerprint density at radius 1 is 1.42 bits per heavy atom. The van der Waals surface area contributed by atoms with E-state index in [-0.39, 0.29) is 11.4 Å². The molecule has 2 aliphatic rings. The highest BCUT2D eigenvalue weighted by molar-refractivity contribution is 7.89. The van der Waals surface area contributed by atoms with Crippen molar-refractivity contribution in [3.63, 3.8) is 0 Å². The van der Waals surface area contributed by atoms with Crippen molar-refractivity contribution < 1.29 is 17.9 Å². The fourth-order valence-corrected chi connectivity index (χ4v) is 5.17. The van der Waals surface area contributed by atoms with Crippen LogP contribution in [0.1, 0.15) is 31.9 Å². The Morgan fingerprint density at radius 3 is 2.96 bits per heavy atom. The van der Waals surface area contributed by atoms with Crippen LogP contribution in [0, 0.1) is 5.92 Å². The first-order chi connectivity index (χ1) is 11.6. The molecule has 2 aliphatic heterocycles. The maximum absolute atomic E-state index is 12.1. The zero-order chi connectivity index (χ0) is 17.0. The normalized spacial score (nSPS) is 23.5. The van der Waals surface area contributed by atoms with Crippen molar-refractivity contribution >= 4 is 10.0 Å². The predicted octanol–water partition coefficient (Wildman–Crippen LogP) is 1.82. The molecule has 0 aliphatic carbocycles. The van der Waals surface area contributed by atoms with Crippen LogP contribution in [0.15, 0.2) is 24.4 Å². The van der Waals surface area contributed by atoms with E-state index in [0.29, 0.717) is 45.2 Å². The summed E-state index contributed by atoms with van der Waals surface area (Å²) in [4.78, 5) is 4.24. The molecule has 0 aromatic carbocycles. The second kappa shape index (κ2) is 7.47. The molecule has 1 atom stereocenters. The number of hydrogen-bond acceptors (Lipinski definition) is 5. The number of sulfonamides is 1. The van der Waals surface area contributed by atoms with Crippen LogP contribution in [0.3, 0.4) is 0 Å². The summed E-state index contributed by atoms with van der Waals surface area (Å²) in [5, 5.41) is 0. The van der Waals surface area contributed by atoms with E-state index >= 15 is 0 Å². The average molecular weight is 354 g/mol. The second-order valence-electron chi connectivity index (χ2n) is 6.65. The van der Waals surface area contributed by atoms with Crippen LogP contribution in [-0.4, -0.2) is 55.4 Å². The molecule has 0 radical (unpaired) electrons. The summed E-state index contributed by atoms with van der Waals surface area (Å²) < 4.78 is 37.5. The molecule has 1 spiro atoms. The minimum atomic E-state index is -3.11. The van der Waals surface area contributed by atoms with Gasteiger partial charge in [0.1, 0.15) is 0 Å². The minimum absolute atomic E-state index is 0.223. The topological polar surface area (TPSA) is 68.7 Å². The summed E-state index contributed by atoms with van der Waals surface area (Å²) in [6.07, 6.45) is 4.29. The van der Waals surface area contributed by atoms with Gasteiger partial charge < -0.3 is 9.47 Å². The van der Waals surface area contributed by atoms with E-state index in [9.17, 15) is 8.42 Å². The molecule has 6 nitrogen and oxygen atoms in total. The minimum Gasteiger partial charge on any atom is -0.375 e. The summed E-state index contributed by atoms with van der Waals surface area (Å²) in [6, 6.07) is 5.78. The molecule has 1 unspecified atom stereocenters. The van der Waals surface area contributed by atoms with E-state index in [1.165, 1.54) is 0 Å². The molecule has 3 heterocycles. The number of aromatic nitrogens is 1. The van der Waals surface area contributed by atoms with Crippen LogP contribution in [0.5, 0.6) is 0 Å². The van der Waals surface area contributed by atoms with Crippen LogP contribution in [0.4, 0.5) is 0 Å². The lowest BCUT2D eigenvalue weighted by Gasteiger charge is -2.49. The maximum atomic E-state index is 12.1. The Kier molecular flexibility index (Phi) is 5.54. The zero-order valence-corrected chi connectivity index (χ0v) is 15.0. The van der Waals surface area contributed by atoms with Crippen LogP contribution in [0.2, 0.25) is 0 Å². The lowest BCUT2D eigenvalue weighted by molar-refractivity contribution is -0.105. The fourth-order valence-electron chi connectivity index (χ4n) is 3.56. The monoisotopic (exact) mass is 354 g/mol. The van der Waals surface area contributed by atoms with Gasteiger partial charge in [-0.25, -0.2) is 8.42 Å². The van der Waals surface area contributed by atoms with Gasteiger partial charge in [0.15, 0.2) is 0 Å². The van der Waals surface area contributed by atoms with Gasteiger partial charge in [-0.3, -0.25) is 4.98 Å². The van der Waals surface area contributed by atoms with E-state index < -0.39 is 10.0 Å². The Bertz CT molecular complexity index is 629. The van der Waals surface area contributed by atoms with Crippen molar-refractivity contribution in [2.75, 3.05) is 32.1 Å². The van der Waals surface area contributed by atoms with Gasteiger partial charge in [-0.15, -0.1) is 0 Å². The largest absolute Gasteiger partial charge is 0.375 e. The van der Waals surface area contributed by atoms with Gasteiger partial charge in [0.05, 0.1) is 23.7 Å². The highest BCUT2D eigenvalue weighted by Gasteiger charge is 2.55. The van der Waals surface area contributed by atoms with E-state index in [0.717, 1.165) is 18.5 Å². The molecule has 0 N–H and O–H groups in total. The quantitative estimate of drug-likeness (QED) is 0.666. The zero-order valence-electron chi connectivity index (χ0n) is 14.2. The summed E-state index contributed by atoms with van der Waals surface area (Å²) in [6.45, 7) is 4.76. The summed E-state index contributed by atoms with van der Waals surface area (Å²) in [5.74, 6) is 0.593. The standard InChI is InChI=1S/C17H26N2O4S/c1-2-11-24(20,21)19-13-17(14-19)15(7-10-23-17)6-9-22-12-16-5-3-4-8-18-16/h3-5,8,15H,2,6-7,9-14H2,1H3. The molecule has 0 bridgehead atoms. The van der Waals surface area contributed by atoms with E-state index in [4.69, 9.17) is 9.47 Å². The molecule has 0 amide bonds. The van der Waals surface area contributed by atoms with Crippen molar-refractivity contribution in [3.8, 4) is 0 Å². The van der Waals surface area contributed by atoms with Gasteiger partial charge in [-0.05, 0) is 37.3 Å². The number of ether oxygens (including phenoxy) is 2. The number of nitrogens with zero attached hydrogens (tertiary/aromatic N) is 2. The summed E-state index contributed by atoms with van der Waals surface area (Å²) in [5.41, 5.74) is 0.644. The predicted molar refractivity (Wildman–Crippen MR) is 91.0 cm³/mol. The lowest BCUT2D eigenvalue weighted by atomic mass is 9.80. The Balaban J connectivity index is 1.45. The smallest absolute Gasteiger partial charge is 0.214 e. The molecule has 24 heavy (non-hydrogen) atoms. The highest BCUT2D eigenvalue weighted by atomic mass is 32.2. The molecule has 7 heteroatoms. The molecular formula is C17H26N2O4S. The average Bonchev–Trinajstić information content (AvgIpc) is 2.95. The molecule has 3 rings (SSSR count). The van der Waals surface area contributed by atoms with Gasteiger partial charge in [-0.2, -0.15) is 4.31 Å². The van der Waals surface area contributed by atoms with E-state index in [1.807, 2.05) is 25.1 Å². The van der Waals surface area contributed by atoms with Crippen LogP contribution >= 0.6 is 0 Å². The first-order valence-electron chi connectivity index (χ1n) is 8.65. The van der Waals surface area contributed by atoms with Crippen molar-refractivity contribution in [2.24, 2.45) is 5.92 Å². The summed E-state index contributed by atoms with van der Waals surface area (Å²) >= 11 is 0. The number of hydrogen-bond donors (Lipinski definition) is 0. The van der Waals surface area contributed by atoms with Crippen LogP contribution in [-0.2, 0) is 26.1 Å². The maximum Gasteiger partial charge on any atom is 0.214 e. The Hall–Kier alpha value is -1.02. The van der Waals surface area contributed by atoms with Crippen molar-refractivity contribution in [2.45, 2.75) is 38.4 Å². The van der Waals surface area contributed by atoms with Gasteiger partial charge in [0.25, 0.3) is 0 Å². The van der Waals surface area contributed by atoms with Crippen molar-refractivity contribution in [3.05, 3.63) is 30.1 Å².